The van der Waals surface area contributed by atoms with Crippen LogP contribution in [0.3, 0.4) is 0 Å². The number of amides is 3. The Morgan fingerprint density at radius 3 is 2.34 bits per heavy atom. The molecule has 1 aliphatic heterocycles. The van der Waals surface area contributed by atoms with Gasteiger partial charge in [-0.25, -0.2) is 5.43 Å². The maximum Gasteiger partial charge on any atom is 0.322 e. The Kier molecular flexibility index (Phi) is 19.3. The Morgan fingerprint density at radius 2 is 1.74 bits per heavy atom. The number of phenols is 1. The summed E-state index contributed by atoms with van der Waals surface area (Å²) in [4.78, 5) is 52.4. The molecule has 1 aromatic rings. The molecule has 47 heavy (non-hydrogen) atoms. The van der Waals surface area contributed by atoms with Gasteiger partial charge < -0.3 is 30.7 Å². The fraction of sp³-hybridized carbons (Fsp3) is 0.600. The average molecular weight is 661 g/mol. The number of rotatable bonds is 17. The minimum atomic E-state index is -1.08. The Bertz CT molecular complexity index is 1190. The minimum Gasteiger partial charge on any atom is -0.508 e. The highest BCUT2D eigenvalue weighted by Gasteiger charge is 2.36. The molecule has 264 valence electrons. The highest BCUT2D eigenvalue weighted by atomic mass is 16.5. The summed E-state index contributed by atoms with van der Waals surface area (Å²) in [7, 11) is 2.57. The van der Waals surface area contributed by atoms with E-state index in [0.717, 1.165) is 20.0 Å². The Labute approximate surface area is 279 Å². The lowest BCUT2D eigenvalue weighted by molar-refractivity contribution is -0.148. The molecule has 6 N–H and O–H groups in total. The van der Waals surface area contributed by atoms with Crippen LogP contribution >= 0.6 is 0 Å². The zero-order chi connectivity index (χ0) is 35.5. The van der Waals surface area contributed by atoms with Gasteiger partial charge in [-0.1, -0.05) is 77.5 Å². The zero-order valence-corrected chi connectivity index (χ0v) is 28.9. The van der Waals surface area contributed by atoms with Crippen molar-refractivity contribution in [3.8, 4) is 5.75 Å². The predicted octanol–water partition coefficient (Wildman–Crippen LogP) is 3.34. The third-order valence-electron chi connectivity index (χ3n) is 8.05. The number of unbranched alkanes of at least 4 members (excludes halogenated alkanes) is 1. The smallest absolute Gasteiger partial charge is 0.322 e. The summed E-state index contributed by atoms with van der Waals surface area (Å²) in [6, 6.07) is 3.41. The second-order valence-corrected chi connectivity index (χ2v) is 12.2. The number of carbonyl (C=O) groups is 4. The van der Waals surface area contributed by atoms with Crippen LogP contribution in [0.15, 0.2) is 48.6 Å². The fourth-order valence-electron chi connectivity index (χ4n) is 5.44. The van der Waals surface area contributed by atoms with Crippen molar-refractivity contribution in [1.29, 1.82) is 0 Å². The number of carboxylic acids is 1. The summed E-state index contributed by atoms with van der Waals surface area (Å²) in [5.41, 5.74) is 3.35. The molecule has 0 radical (unpaired) electrons. The number of methoxy groups -OCH3 is 1. The second-order valence-electron chi connectivity index (χ2n) is 12.2. The zero-order valence-electron chi connectivity index (χ0n) is 28.9. The van der Waals surface area contributed by atoms with Gasteiger partial charge in [0.2, 0.25) is 11.8 Å². The Hall–Kier alpha value is -3.74. The first kappa shape index (κ1) is 41.3. The van der Waals surface area contributed by atoms with Crippen LogP contribution in [0.1, 0.15) is 72.3 Å². The van der Waals surface area contributed by atoms with Crippen LogP contribution in [0.4, 0.5) is 0 Å². The number of nitrogens with zero attached hydrogens (tertiary/aromatic N) is 1. The van der Waals surface area contributed by atoms with Gasteiger partial charge in [-0.2, -0.15) is 0 Å². The summed E-state index contributed by atoms with van der Waals surface area (Å²) in [6.07, 6.45) is 11.5. The Balaban J connectivity index is 0.00000541. The molecular formula is C35H56N4O8. The standard InChI is InChI=1S/C34H52N4O7.CH4O/c1-7-8-9-10-11-12-15-23(4)30(45-6)24(5)31(40)36-29(22(2)3)32(41)35-28(21-25-16-13-17-26(39)20-25)33(42)38-19-14-18-27(37-38)34(43)44;1-2/h9-13,16-17,20,22-24,27-30,37,39H,7-8,14-15,18-19,21H2,1-6H3,(H,35,41)(H,36,40)(H,43,44);2H,1H3/b10-9+,12-11+;. The van der Waals surface area contributed by atoms with Crippen molar-refractivity contribution < 1.29 is 39.2 Å². The molecule has 6 atom stereocenters. The molecule has 1 heterocycles. The molecule has 0 aliphatic carbocycles. The van der Waals surface area contributed by atoms with Crippen molar-refractivity contribution in [2.45, 2.75) is 97.4 Å². The second kappa shape index (κ2) is 21.9. The van der Waals surface area contributed by atoms with E-state index in [1.54, 1.807) is 40.0 Å². The van der Waals surface area contributed by atoms with Gasteiger partial charge in [-0.3, -0.25) is 24.2 Å². The number of benzene rings is 1. The minimum absolute atomic E-state index is 0.0127. The number of allylic oxidation sites excluding steroid dienone is 4. The predicted molar refractivity (Wildman–Crippen MR) is 181 cm³/mol. The topological polar surface area (TPSA) is 178 Å². The maximum atomic E-state index is 13.7. The SMILES string of the molecule is CCC/C=C/C=C/CC(C)C(OC)C(C)C(=O)NC(C(=O)NC(Cc1cccc(O)c1)C(=O)N1CCCC(C(=O)O)N1)C(C)C.CO. The van der Waals surface area contributed by atoms with Gasteiger partial charge >= 0.3 is 5.97 Å². The number of carboxylic acid groups (broad SMARTS) is 1. The van der Waals surface area contributed by atoms with Crippen molar-refractivity contribution in [2.75, 3.05) is 20.8 Å². The summed E-state index contributed by atoms with van der Waals surface area (Å²) in [5.74, 6) is -3.27. The molecule has 1 aliphatic rings. The van der Waals surface area contributed by atoms with E-state index < -0.39 is 47.9 Å². The summed E-state index contributed by atoms with van der Waals surface area (Å²) >= 11 is 0. The largest absolute Gasteiger partial charge is 0.508 e. The average Bonchev–Trinajstić information content (AvgIpc) is 3.05. The van der Waals surface area contributed by atoms with E-state index in [4.69, 9.17) is 9.84 Å². The van der Waals surface area contributed by atoms with Gasteiger partial charge in [0, 0.05) is 27.2 Å². The molecule has 1 fully saturated rings. The highest BCUT2D eigenvalue weighted by molar-refractivity contribution is 5.93. The Morgan fingerprint density at radius 1 is 1.06 bits per heavy atom. The van der Waals surface area contributed by atoms with Crippen LogP contribution in [0.5, 0.6) is 5.75 Å². The molecule has 0 spiro atoms. The quantitative estimate of drug-likeness (QED) is 0.137. The number of hydrazine groups is 1. The molecular weight excluding hydrogens is 604 g/mol. The van der Waals surface area contributed by atoms with Crippen LogP contribution < -0.4 is 16.1 Å². The number of ether oxygens (including phenoxy) is 1. The van der Waals surface area contributed by atoms with Crippen molar-refractivity contribution >= 4 is 23.7 Å². The number of aliphatic hydroxyl groups is 1. The molecule has 0 saturated carbocycles. The lowest BCUT2D eigenvalue weighted by Crippen LogP contribution is -2.62. The molecule has 2 rings (SSSR count). The maximum absolute atomic E-state index is 13.7. The number of nitrogens with one attached hydrogen (secondary N) is 3. The van der Waals surface area contributed by atoms with E-state index in [2.05, 4.69) is 35.1 Å². The van der Waals surface area contributed by atoms with Gasteiger partial charge in [0.15, 0.2) is 0 Å². The van der Waals surface area contributed by atoms with Crippen LogP contribution in [0.25, 0.3) is 0 Å². The molecule has 3 amide bonds. The van der Waals surface area contributed by atoms with Gasteiger partial charge in [0.1, 0.15) is 23.9 Å². The van der Waals surface area contributed by atoms with Gasteiger partial charge in [-0.05, 0) is 55.2 Å². The van der Waals surface area contributed by atoms with Crippen molar-refractivity contribution in [3.05, 3.63) is 54.1 Å². The van der Waals surface area contributed by atoms with Crippen molar-refractivity contribution in [3.63, 3.8) is 0 Å². The summed E-state index contributed by atoms with van der Waals surface area (Å²) < 4.78 is 5.73. The number of hydrogen-bond acceptors (Lipinski definition) is 8. The molecule has 6 unspecified atom stereocenters. The van der Waals surface area contributed by atoms with Gasteiger partial charge in [0.25, 0.3) is 5.91 Å². The van der Waals surface area contributed by atoms with Crippen LogP contribution in [-0.2, 0) is 30.3 Å². The molecule has 0 aromatic heterocycles. The summed E-state index contributed by atoms with van der Waals surface area (Å²) in [6.45, 7) is 9.80. The normalized spacial score (nSPS) is 18.1. The molecule has 12 nitrogen and oxygen atoms in total. The van der Waals surface area contributed by atoms with Crippen LogP contribution in [0, 0.1) is 17.8 Å². The van der Waals surface area contributed by atoms with E-state index >= 15 is 0 Å². The van der Waals surface area contributed by atoms with Crippen LogP contribution in [-0.4, -0.2) is 89.0 Å². The van der Waals surface area contributed by atoms with E-state index in [1.807, 2.05) is 19.1 Å². The molecule has 1 aromatic carbocycles. The number of hydrogen-bond donors (Lipinski definition) is 6. The van der Waals surface area contributed by atoms with Crippen molar-refractivity contribution in [1.82, 2.24) is 21.1 Å². The molecule has 0 bridgehead atoms. The van der Waals surface area contributed by atoms with Gasteiger partial charge in [-0.15, -0.1) is 0 Å². The number of aliphatic carboxylic acids is 1. The van der Waals surface area contributed by atoms with Crippen molar-refractivity contribution in [2.24, 2.45) is 17.8 Å². The lowest BCUT2D eigenvalue weighted by Gasteiger charge is -2.35. The van der Waals surface area contributed by atoms with Crippen LogP contribution in [0.2, 0.25) is 0 Å². The lowest BCUT2D eigenvalue weighted by atomic mass is 9.89. The number of aliphatic hydroxyl groups excluding tert-OH is 1. The number of phenolic OH excluding ortho intramolecular Hbond substituents is 1. The highest BCUT2D eigenvalue weighted by Crippen LogP contribution is 2.21. The molecule has 12 heteroatoms. The first-order valence-corrected chi connectivity index (χ1v) is 16.4. The van der Waals surface area contributed by atoms with E-state index in [0.29, 0.717) is 24.8 Å². The van der Waals surface area contributed by atoms with E-state index in [1.165, 1.54) is 17.1 Å². The van der Waals surface area contributed by atoms with Gasteiger partial charge in [0.05, 0.1) is 12.0 Å². The van der Waals surface area contributed by atoms with E-state index in [9.17, 15) is 29.4 Å². The number of aromatic hydroxyl groups is 1. The summed E-state index contributed by atoms with van der Waals surface area (Å²) in [5, 5.41) is 33.4. The number of carbonyl (C=O) groups excluding carboxylic acids is 3. The molecule has 1 saturated heterocycles. The third kappa shape index (κ3) is 13.9. The van der Waals surface area contributed by atoms with E-state index in [-0.39, 0.29) is 36.5 Å². The monoisotopic (exact) mass is 660 g/mol. The fourth-order valence-corrected chi connectivity index (χ4v) is 5.44. The first-order valence-electron chi connectivity index (χ1n) is 16.4. The third-order valence-corrected chi connectivity index (χ3v) is 8.05. The first-order chi connectivity index (χ1) is 22.4.